The van der Waals surface area contributed by atoms with Crippen molar-refractivity contribution in [3.63, 3.8) is 0 Å². The van der Waals surface area contributed by atoms with E-state index in [0.29, 0.717) is 17.4 Å². The summed E-state index contributed by atoms with van der Waals surface area (Å²) in [5.41, 5.74) is 3.91. The quantitative estimate of drug-likeness (QED) is 0.389. The van der Waals surface area contributed by atoms with Gasteiger partial charge >= 0.3 is 0 Å². The molecule has 158 valence electrons. The molecular formula is C24H21N7O. The Kier molecular flexibility index (Phi) is 5.40. The van der Waals surface area contributed by atoms with E-state index in [2.05, 4.69) is 48.0 Å². The molecule has 5 aromatic rings. The first-order valence-electron chi connectivity index (χ1n) is 10.3. The number of aromatic nitrogens is 6. The van der Waals surface area contributed by atoms with Crippen LogP contribution in [0.1, 0.15) is 17.1 Å². The molecule has 0 unspecified atom stereocenters. The maximum absolute atomic E-state index is 6.13. The van der Waals surface area contributed by atoms with Crippen LogP contribution in [0.3, 0.4) is 0 Å². The zero-order chi connectivity index (χ0) is 21.8. The molecule has 8 heteroatoms. The van der Waals surface area contributed by atoms with Gasteiger partial charge < -0.3 is 10.1 Å². The van der Waals surface area contributed by atoms with Gasteiger partial charge in [0.25, 0.3) is 0 Å². The molecule has 0 spiro atoms. The summed E-state index contributed by atoms with van der Waals surface area (Å²) in [6.45, 7) is 1.95. The molecule has 0 fully saturated rings. The van der Waals surface area contributed by atoms with Crippen LogP contribution in [0.15, 0.2) is 72.9 Å². The summed E-state index contributed by atoms with van der Waals surface area (Å²) in [6, 6.07) is 21.9. The molecule has 0 amide bonds. The van der Waals surface area contributed by atoms with Crippen LogP contribution in [0, 0.1) is 6.92 Å². The second-order valence-corrected chi connectivity index (χ2v) is 7.40. The van der Waals surface area contributed by atoms with Gasteiger partial charge in [-0.05, 0) is 49.2 Å². The van der Waals surface area contributed by atoms with Crippen LogP contribution in [0.5, 0.6) is 11.5 Å². The van der Waals surface area contributed by atoms with E-state index in [9.17, 15) is 0 Å². The molecule has 0 atom stereocenters. The highest BCUT2D eigenvalue weighted by molar-refractivity contribution is 5.80. The van der Waals surface area contributed by atoms with Gasteiger partial charge in [0.05, 0.1) is 11.2 Å². The first kappa shape index (κ1) is 19.6. The number of nitrogens with one attached hydrogen (secondary N) is 2. The van der Waals surface area contributed by atoms with Crippen LogP contribution in [-0.4, -0.2) is 30.6 Å². The largest absolute Gasteiger partial charge is 0.455 e. The van der Waals surface area contributed by atoms with E-state index >= 15 is 0 Å². The van der Waals surface area contributed by atoms with Crippen LogP contribution in [0.25, 0.3) is 10.9 Å². The molecule has 0 aliphatic carbocycles. The maximum Gasteiger partial charge on any atom is 0.174 e. The highest BCUT2D eigenvalue weighted by Gasteiger charge is 2.07. The van der Waals surface area contributed by atoms with Gasteiger partial charge in [-0.25, -0.2) is 9.97 Å². The molecular weight excluding hydrogens is 402 g/mol. The number of fused-ring (bicyclic) bond motifs is 1. The summed E-state index contributed by atoms with van der Waals surface area (Å²) in [4.78, 5) is 9.06. The number of pyridine rings is 2. The molecule has 3 heterocycles. The fourth-order valence-electron chi connectivity index (χ4n) is 3.46. The van der Waals surface area contributed by atoms with E-state index in [4.69, 9.17) is 4.74 Å². The van der Waals surface area contributed by atoms with Crippen molar-refractivity contribution < 1.29 is 4.74 Å². The molecule has 32 heavy (non-hydrogen) atoms. The Morgan fingerprint density at radius 1 is 0.969 bits per heavy atom. The number of benzene rings is 2. The minimum atomic E-state index is 0.691. The minimum Gasteiger partial charge on any atom is -0.455 e. The van der Waals surface area contributed by atoms with Crippen LogP contribution in [0.4, 0.5) is 11.5 Å². The number of hydrogen-bond donors (Lipinski definition) is 2. The molecule has 2 aromatic carbocycles. The van der Waals surface area contributed by atoms with Gasteiger partial charge in [0.15, 0.2) is 5.82 Å². The Morgan fingerprint density at radius 3 is 2.81 bits per heavy atom. The monoisotopic (exact) mass is 423 g/mol. The maximum atomic E-state index is 6.13. The minimum absolute atomic E-state index is 0.691. The van der Waals surface area contributed by atoms with Crippen molar-refractivity contribution in [2.45, 2.75) is 19.8 Å². The zero-order valence-electron chi connectivity index (χ0n) is 17.5. The normalized spacial score (nSPS) is 10.9. The number of tetrazole rings is 1. The molecule has 0 saturated carbocycles. The molecule has 0 bridgehead atoms. The van der Waals surface area contributed by atoms with Crippen molar-refractivity contribution in [1.29, 1.82) is 0 Å². The molecule has 0 radical (unpaired) electrons. The SMILES string of the molecule is Cc1nc2ccccc2cc1Oc1ccnc(Nc2cccc(CCc3nn[nH]n3)c2)c1. The van der Waals surface area contributed by atoms with Crippen molar-refractivity contribution in [1.82, 2.24) is 30.6 Å². The lowest BCUT2D eigenvalue weighted by Gasteiger charge is -2.12. The molecule has 3 aromatic heterocycles. The number of ether oxygens (including phenoxy) is 1. The molecule has 0 aliphatic heterocycles. The highest BCUT2D eigenvalue weighted by Crippen LogP contribution is 2.29. The lowest BCUT2D eigenvalue weighted by Crippen LogP contribution is -1.97. The number of aryl methyl sites for hydroxylation is 3. The predicted octanol–water partition coefficient (Wildman–Crippen LogP) is 4.77. The van der Waals surface area contributed by atoms with Gasteiger partial charge in [-0.3, -0.25) is 0 Å². The number of nitrogens with zero attached hydrogens (tertiary/aromatic N) is 5. The second kappa shape index (κ2) is 8.81. The van der Waals surface area contributed by atoms with Gasteiger partial charge in [0, 0.05) is 29.8 Å². The number of aromatic amines is 1. The predicted molar refractivity (Wildman–Crippen MR) is 122 cm³/mol. The van der Waals surface area contributed by atoms with Crippen molar-refractivity contribution in [3.05, 3.63) is 90.0 Å². The Labute approximate surface area is 184 Å². The summed E-state index contributed by atoms with van der Waals surface area (Å²) in [6.07, 6.45) is 3.27. The third kappa shape index (κ3) is 4.54. The van der Waals surface area contributed by atoms with Crippen molar-refractivity contribution >= 4 is 22.4 Å². The Balaban J connectivity index is 1.30. The Hall–Kier alpha value is -4.33. The van der Waals surface area contributed by atoms with Gasteiger partial charge in [-0.1, -0.05) is 35.5 Å². The number of anilines is 2. The van der Waals surface area contributed by atoms with Crippen LogP contribution >= 0.6 is 0 Å². The highest BCUT2D eigenvalue weighted by atomic mass is 16.5. The summed E-state index contributed by atoms with van der Waals surface area (Å²) in [5.74, 6) is 2.82. The van der Waals surface area contributed by atoms with E-state index in [0.717, 1.165) is 40.9 Å². The lowest BCUT2D eigenvalue weighted by molar-refractivity contribution is 0.476. The van der Waals surface area contributed by atoms with Gasteiger partial charge in [0.1, 0.15) is 17.3 Å². The Bertz CT molecular complexity index is 1350. The van der Waals surface area contributed by atoms with Gasteiger partial charge in [-0.15, -0.1) is 10.2 Å². The lowest BCUT2D eigenvalue weighted by atomic mass is 10.1. The van der Waals surface area contributed by atoms with Crippen molar-refractivity contribution in [2.75, 3.05) is 5.32 Å². The number of hydrogen-bond acceptors (Lipinski definition) is 7. The smallest absolute Gasteiger partial charge is 0.174 e. The average Bonchev–Trinajstić information content (AvgIpc) is 3.33. The third-order valence-corrected chi connectivity index (χ3v) is 5.05. The number of rotatable bonds is 7. The zero-order valence-corrected chi connectivity index (χ0v) is 17.5. The molecule has 0 aliphatic rings. The molecule has 8 nitrogen and oxygen atoms in total. The first-order valence-corrected chi connectivity index (χ1v) is 10.3. The first-order chi connectivity index (χ1) is 15.7. The van der Waals surface area contributed by atoms with E-state index in [-0.39, 0.29) is 0 Å². The third-order valence-electron chi connectivity index (χ3n) is 5.05. The van der Waals surface area contributed by atoms with Gasteiger partial charge in [0.2, 0.25) is 0 Å². The summed E-state index contributed by atoms with van der Waals surface area (Å²) < 4.78 is 6.13. The van der Waals surface area contributed by atoms with E-state index < -0.39 is 0 Å². The molecule has 0 saturated heterocycles. The average molecular weight is 423 g/mol. The van der Waals surface area contributed by atoms with Crippen LogP contribution < -0.4 is 10.1 Å². The van der Waals surface area contributed by atoms with E-state index in [1.54, 1.807) is 6.20 Å². The topological polar surface area (TPSA) is 102 Å². The summed E-state index contributed by atoms with van der Waals surface area (Å²) in [7, 11) is 0. The molecule has 5 rings (SSSR count). The number of H-pyrrole nitrogens is 1. The van der Waals surface area contributed by atoms with E-state index in [1.165, 1.54) is 5.56 Å². The summed E-state index contributed by atoms with van der Waals surface area (Å²) in [5, 5.41) is 18.5. The Morgan fingerprint density at radius 2 is 1.91 bits per heavy atom. The van der Waals surface area contributed by atoms with Gasteiger partial charge in [-0.2, -0.15) is 5.21 Å². The standard InChI is InChI=1S/C24H21N7O/c1-16-22(14-18-6-2-3-8-21(18)26-16)32-20-11-12-25-24(15-20)27-19-7-4-5-17(13-19)9-10-23-28-30-31-29-23/h2-8,11-15H,9-10H2,1H3,(H,25,27)(H,28,29,30,31). The van der Waals surface area contributed by atoms with Crippen molar-refractivity contribution in [3.8, 4) is 11.5 Å². The van der Waals surface area contributed by atoms with Crippen LogP contribution in [0.2, 0.25) is 0 Å². The van der Waals surface area contributed by atoms with Crippen molar-refractivity contribution in [2.24, 2.45) is 0 Å². The fourth-order valence-corrected chi connectivity index (χ4v) is 3.46. The summed E-state index contributed by atoms with van der Waals surface area (Å²) >= 11 is 0. The molecule has 2 N–H and O–H groups in total. The van der Waals surface area contributed by atoms with Crippen LogP contribution in [-0.2, 0) is 12.8 Å². The second-order valence-electron chi connectivity index (χ2n) is 7.40. The van der Waals surface area contributed by atoms with E-state index in [1.807, 2.05) is 61.5 Å². The fraction of sp³-hybridized carbons (Fsp3) is 0.125. The number of para-hydroxylation sites is 1.